The predicted molar refractivity (Wildman–Crippen MR) is 45.5 cm³/mol. The molecule has 70 valence electrons. The molecule has 0 aromatic heterocycles. The number of carbonyl (C=O) groups is 1. The minimum Gasteiger partial charge on any atom is -0.345 e. The van der Waals surface area contributed by atoms with Crippen molar-refractivity contribution in [3.05, 3.63) is 29.8 Å². The van der Waals surface area contributed by atoms with Crippen molar-refractivity contribution in [3.8, 4) is 0 Å². The third kappa shape index (κ3) is 2.06. The average molecular weight is 200 g/mol. The van der Waals surface area contributed by atoms with Gasteiger partial charge in [-0.15, -0.1) is 0 Å². The van der Waals surface area contributed by atoms with E-state index in [1.807, 2.05) is 0 Å². The Labute approximate surface area is 76.3 Å². The van der Waals surface area contributed by atoms with Crippen LogP contribution in [-0.4, -0.2) is 14.9 Å². The van der Waals surface area contributed by atoms with Crippen molar-refractivity contribution in [3.63, 3.8) is 0 Å². The van der Waals surface area contributed by atoms with E-state index in [1.54, 1.807) is 25.1 Å². The number of benzene rings is 1. The summed E-state index contributed by atoms with van der Waals surface area (Å²) < 4.78 is 26.4. The van der Waals surface area contributed by atoms with Gasteiger partial charge in [0.25, 0.3) is 0 Å². The highest BCUT2D eigenvalue weighted by molar-refractivity contribution is 7.87. The van der Waals surface area contributed by atoms with E-state index in [0.717, 1.165) is 0 Å². The highest BCUT2D eigenvalue weighted by atomic mass is 32.2. The summed E-state index contributed by atoms with van der Waals surface area (Å²) >= 11 is 0. The maximum Gasteiger partial charge on any atom is 0.341 e. The largest absolute Gasteiger partial charge is 0.345 e. The summed E-state index contributed by atoms with van der Waals surface area (Å²) in [6.07, 6.45) is 0. The van der Waals surface area contributed by atoms with Crippen LogP contribution in [0.1, 0.15) is 5.56 Å². The van der Waals surface area contributed by atoms with E-state index in [2.05, 4.69) is 4.18 Å². The maximum absolute atomic E-state index is 11.2. The van der Waals surface area contributed by atoms with Crippen molar-refractivity contribution in [1.29, 1.82) is 0 Å². The molecule has 0 saturated carbocycles. The summed E-state index contributed by atoms with van der Waals surface area (Å²) in [7, 11) is -3.91. The van der Waals surface area contributed by atoms with Crippen molar-refractivity contribution in [1.82, 2.24) is 0 Å². The van der Waals surface area contributed by atoms with Crippen LogP contribution in [0.2, 0.25) is 0 Å². The highest BCUT2D eigenvalue weighted by Gasteiger charge is 2.16. The fourth-order valence-electron chi connectivity index (χ4n) is 0.940. The van der Waals surface area contributed by atoms with Gasteiger partial charge in [0.15, 0.2) is 0 Å². The van der Waals surface area contributed by atoms with Crippen LogP contribution in [0, 0.1) is 6.92 Å². The van der Waals surface area contributed by atoms with Crippen LogP contribution in [0.4, 0.5) is 0 Å². The third-order valence-corrected chi connectivity index (χ3v) is 2.86. The smallest absolute Gasteiger partial charge is 0.341 e. The standard InChI is InChI=1S/C8H8O4S/c1-7-4-2-3-5-8(7)13(10,11)12-6-9/h2-6H,1H3. The van der Waals surface area contributed by atoms with Crippen molar-refractivity contribution in [2.75, 3.05) is 0 Å². The molecule has 0 atom stereocenters. The van der Waals surface area contributed by atoms with Gasteiger partial charge in [-0.1, -0.05) is 18.2 Å². The maximum atomic E-state index is 11.2. The summed E-state index contributed by atoms with van der Waals surface area (Å²) in [4.78, 5) is 9.92. The minimum atomic E-state index is -3.91. The molecule has 0 radical (unpaired) electrons. The number of aryl methyl sites for hydroxylation is 1. The first-order valence-electron chi connectivity index (χ1n) is 3.50. The molecule has 0 N–H and O–H groups in total. The Morgan fingerprint density at radius 3 is 2.46 bits per heavy atom. The fourth-order valence-corrected chi connectivity index (χ4v) is 1.86. The van der Waals surface area contributed by atoms with Crippen LogP contribution in [0.3, 0.4) is 0 Å². The van der Waals surface area contributed by atoms with Crippen molar-refractivity contribution in [2.24, 2.45) is 0 Å². The number of hydrogen-bond acceptors (Lipinski definition) is 4. The zero-order valence-corrected chi connectivity index (χ0v) is 7.74. The molecule has 0 aliphatic carbocycles. The molecule has 0 amide bonds. The van der Waals surface area contributed by atoms with Gasteiger partial charge in [-0.05, 0) is 18.6 Å². The Morgan fingerprint density at radius 2 is 1.92 bits per heavy atom. The number of carbonyl (C=O) groups excluding carboxylic acids is 1. The van der Waals surface area contributed by atoms with Gasteiger partial charge in [0.05, 0.1) is 0 Å². The Kier molecular flexibility index (Phi) is 2.67. The van der Waals surface area contributed by atoms with E-state index >= 15 is 0 Å². The first-order valence-corrected chi connectivity index (χ1v) is 4.91. The lowest BCUT2D eigenvalue weighted by atomic mass is 10.2. The summed E-state index contributed by atoms with van der Waals surface area (Å²) in [6, 6.07) is 6.28. The molecule has 0 heterocycles. The number of hydrogen-bond donors (Lipinski definition) is 0. The molecular formula is C8H8O4S. The molecule has 4 nitrogen and oxygen atoms in total. The van der Waals surface area contributed by atoms with Gasteiger partial charge in [-0.3, -0.25) is 4.79 Å². The van der Waals surface area contributed by atoms with E-state index in [4.69, 9.17) is 0 Å². The summed E-state index contributed by atoms with van der Waals surface area (Å²) in [5, 5.41) is 0. The van der Waals surface area contributed by atoms with Gasteiger partial charge < -0.3 is 4.18 Å². The summed E-state index contributed by atoms with van der Waals surface area (Å²) in [5.41, 5.74) is 0.546. The average Bonchev–Trinajstić information content (AvgIpc) is 2.04. The van der Waals surface area contributed by atoms with Crippen molar-refractivity contribution >= 4 is 16.6 Å². The second-order valence-corrected chi connectivity index (χ2v) is 3.95. The van der Waals surface area contributed by atoms with E-state index in [9.17, 15) is 13.2 Å². The molecule has 0 bridgehead atoms. The molecule has 13 heavy (non-hydrogen) atoms. The molecule has 1 rings (SSSR count). The Bertz CT molecular complexity index is 408. The second kappa shape index (κ2) is 3.57. The van der Waals surface area contributed by atoms with Crippen LogP contribution < -0.4 is 0 Å². The predicted octanol–water partition coefficient (Wildman–Crippen LogP) is 0.857. The van der Waals surface area contributed by atoms with Crippen LogP contribution in [0.5, 0.6) is 0 Å². The van der Waals surface area contributed by atoms with E-state index < -0.39 is 10.1 Å². The quantitative estimate of drug-likeness (QED) is 0.536. The Morgan fingerprint density at radius 1 is 1.31 bits per heavy atom. The minimum absolute atomic E-state index is 0.0158. The van der Waals surface area contributed by atoms with Crippen LogP contribution in [0.15, 0.2) is 29.2 Å². The third-order valence-electron chi connectivity index (χ3n) is 1.53. The summed E-state index contributed by atoms with van der Waals surface area (Å²) in [6.45, 7) is 1.53. The lowest BCUT2D eigenvalue weighted by Crippen LogP contribution is -2.06. The second-order valence-electron chi connectivity index (χ2n) is 2.41. The van der Waals surface area contributed by atoms with E-state index in [-0.39, 0.29) is 11.4 Å². The first-order chi connectivity index (χ1) is 6.08. The van der Waals surface area contributed by atoms with Crippen LogP contribution >= 0.6 is 0 Å². The fraction of sp³-hybridized carbons (Fsp3) is 0.125. The van der Waals surface area contributed by atoms with E-state index in [1.165, 1.54) is 6.07 Å². The zero-order chi connectivity index (χ0) is 9.90. The molecule has 0 spiro atoms. The molecule has 1 aromatic rings. The van der Waals surface area contributed by atoms with Gasteiger partial charge in [-0.25, -0.2) is 0 Å². The lowest BCUT2D eigenvalue weighted by Gasteiger charge is -2.03. The van der Waals surface area contributed by atoms with Crippen LogP contribution in [0.25, 0.3) is 0 Å². The molecular weight excluding hydrogens is 192 g/mol. The van der Waals surface area contributed by atoms with Gasteiger partial charge in [0, 0.05) is 0 Å². The SMILES string of the molecule is Cc1ccccc1S(=O)(=O)OC=O. The van der Waals surface area contributed by atoms with Crippen molar-refractivity contribution in [2.45, 2.75) is 11.8 Å². The van der Waals surface area contributed by atoms with Gasteiger partial charge in [0.1, 0.15) is 4.90 Å². The normalized spacial score (nSPS) is 10.8. The molecule has 0 unspecified atom stereocenters. The molecule has 5 heteroatoms. The topological polar surface area (TPSA) is 60.4 Å². The molecule has 0 aliphatic rings. The van der Waals surface area contributed by atoms with Crippen molar-refractivity contribution < 1.29 is 17.4 Å². The monoisotopic (exact) mass is 200 g/mol. The number of rotatable bonds is 3. The summed E-state index contributed by atoms with van der Waals surface area (Å²) in [5.74, 6) is 0. The molecule has 0 saturated heterocycles. The van der Waals surface area contributed by atoms with Gasteiger partial charge in [-0.2, -0.15) is 8.42 Å². The lowest BCUT2D eigenvalue weighted by molar-refractivity contribution is -0.120. The Balaban J connectivity index is 3.22. The van der Waals surface area contributed by atoms with Gasteiger partial charge >= 0.3 is 16.6 Å². The molecule has 0 fully saturated rings. The van der Waals surface area contributed by atoms with Gasteiger partial charge in [0.2, 0.25) is 0 Å². The zero-order valence-electron chi connectivity index (χ0n) is 6.93. The molecule has 1 aromatic carbocycles. The van der Waals surface area contributed by atoms with Crippen LogP contribution in [-0.2, 0) is 19.1 Å². The van der Waals surface area contributed by atoms with E-state index in [0.29, 0.717) is 5.56 Å². The highest BCUT2D eigenvalue weighted by Crippen LogP contribution is 2.15. The first kappa shape index (κ1) is 9.73. The molecule has 0 aliphatic heterocycles. The Hall–Kier alpha value is -1.36.